The molecule has 0 amide bonds. The monoisotopic (exact) mass is 236 g/mol. The molecule has 1 aliphatic carbocycles. The lowest BCUT2D eigenvalue weighted by Crippen LogP contribution is -1.98. The third-order valence-electron chi connectivity index (χ3n) is 2.35. The second-order valence-corrected chi connectivity index (χ2v) is 3.98. The van der Waals surface area contributed by atoms with E-state index in [0.717, 1.165) is 0 Å². The van der Waals surface area contributed by atoms with Gasteiger partial charge in [0.25, 0.3) is 0 Å². The van der Waals surface area contributed by atoms with Crippen LogP contribution in [0.2, 0.25) is 5.28 Å². The van der Waals surface area contributed by atoms with Crippen molar-refractivity contribution >= 4 is 23.4 Å². The van der Waals surface area contributed by atoms with Crippen LogP contribution in [0, 0.1) is 0 Å². The maximum Gasteiger partial charge on any atom is 0.232 e. The fourth-order valence-electron chi connectivity index (χ4n) is 1.42. The van der Waals surface area contributed by atoms with E-state index in [0.29, 0.717) is 17.8 Å². The van der Waals surface area contributed by atoms with Crippen LogP contribution in [0.15, 0.2) is 18.9 Å². The van der Waals surface area contributed by atoms with Gasteiger partial charge in [-0.25, -0.2) is 15.0 Å². The van der Waals surface area contributed by atoms with E-state index in [1.165, 1.54) is 19.2 Å². The van der Waals surface area contributed by atoms with Crippen LogP contribution < -0.4 is 5.32 Å². The lowest BCUT2D eigenvalue weighted by Gasteiger charge is -1.99. The van der Waals surface area contributed by atoms with Crippen molar-refractivity contribution < 1.29 is 0 Å². The van der Waals surface area contributed by atoms with E-state index < -0.39 is 0 Å². The molecule has 1 N–H and O–H groups in total. The fraction of sp³-hybridized carbons (Fsp3) is 0.333. The van der Waals surface area contributed by atoms with Crippen LogP contribution in [0.1, 0.15) is 18.9 Å². The number of anilines is 2. The summed E-state index contributed by atoms with van der Waals surface area (Å²) in [7, 11) is 0. The zero-order valence-electron chi connectivity index (χ0n) is 8.34. The Kier molecular flexibility index (Phi) is 2.21. The van der Waals surface area contributed by atoms with E-state index in [1.807, 2.05) is 12.5 Å². The van der Waals surface area contributed by atoms with E-state index in [9.17, 15) is 0 Å². The zero-order chi connectivity index (χ0) is 11.0. The van der Waals surface area contributed by atoms with Gasteiger partial charge in [0.15, 0.2) is 5.82 Å². The summed E-state index contributed by atoms with van der Waals surface area (Å²) in [6, 6.07) is 0.616. The molecule has 0 saturated heterocycles. The number of rotatable bonds is 3. The van der Waals surface area contributed by atoms with E-state index in [-0.39, 0.29) is 5.28 Å². The van der Waals surface area contributed by atoms with Crippen LogP contribution >= 0.6 is 11.6 Å². The average Bonchev–Trinajstić information content (AvgIpc) is 3.01. The Morgan fingerprint density at radius 1 is 1.31 bits per heavy atom. The third-order valence-corrected chi connectivity index (χ3v) is 2.53. The molecule has 0 aromatic carbocycles. The molecule has 1 aliphatic rings. The molecule has 2 aromatic heterocycles. The molecule has 0 aliphatic heterocycles. The Bertz CT molecular complexity index is 506. The molecule has 0 atom stereocenters. The van der Waals surface area contributed by atoms with Gasteiger partial charge in [-0.2, -0.15) is 4.98 Å². The van der Waals surface area contributed by atoms with Crippen molar-refractivity contribution in [2.75, 3.05) is 5.32 Å². The second kappa shape index (κ2) is 3.71. The summed E-state index contributed by atoms with van der Waals surface area (Å²) in [5.41, 5.74) is 0. The van der Waals surface area contributed by atoms with Crippen LogP contribution in [0.3, 0.4) is 0 Å². The number of hydrogen-bond acceptors (Lipinski definition) is 5. The minimum atomic E-state index is 0.166. The van der Waals surface area contributed by atoms with Gasteiger partial charge in [-0.3, -0.25) is 0 Å². The molecule has 6 nitrogen and oxygen atoms in total. The Morgan fingerprint density at radius 2 is 2.19 bits per heavy atom. The molecule has 2 aromatic rings. The molecule has 82 valence electrons. The Hall–Kier alpha value is -1.69. The van der Waals surface area contributed by atoms with Crippen molar-refractivity contribution in [1.29, 1.82) is 0 Å². The van der Waals surface area contributed by atoms with Gasteiger partial charge in [-0.1, -0.05) is 0 Å². The second-order valence-electron chi connectivity index (χ2n) is 3.64. The standard InChI is InChI=1S/C9H9ClN6/c10-8-11-4-12-9(15-8)14-7-3-16(5-13-7)6-1-2-6/h3-6H,1-2H2,(H,11,12,14,15). The summed E-state index contributed by atoms with van der Waals surface area (Å²) in [6.45, 7) is 0. The zero-order valence-corrected chi connectivity index (χ0v) is 9.09. The quantitative estimate of drug-likeness (QED) is 0.880. The normalized spacial score (nSPS) is 15.1. The van der Waals surface area contributed by atoms with Gasteiger partial charge < -0.3 is 9.88 Å². The number of hydrogen-bond donors (Lipinski definition) is 1. The molecule has 1 fully saturated rings. The SMILES string of the molecule is Clc1ncnc(Nc2cn(C3CC3)cn2)n1. The van der Waals surface area contributed by atoms with Crippen LogP contribution in [0.4, 0.5) is 11.8 Å². The van der Waals surface area contributed by atoms with Crippen molar-refractivity contribution in [2.24, 2.45) is 0 Å². The molecule has 16 heavy (non-hydrogen) atoms. The number of halogens is 1. The van der Waals surface area contributed by atoms with E-state index in [4.69, 9.17) is 11.6 Å². The molecule has 0 unspecified atom stereocenters. The largest absolute Gasteiger partial charge is 0.332 e. The highest BCUT2D eigenvalue weighted by Gasteiger charge is 2.23. The van der Waals surface area contributed by atoms with Gasteiger partial charge in [0.2, 0.25) is 11.2 Å². The fourth-order valence-corrected chi connectivity index (χ4v) is 1.55. The average molecular weight is 237 g/mol. The Morgan fingerprint density at radius 3 is 2.94 bits per heavy atom. The molecule has 7 heteroatoms. The van der Waals surface area contributed by atoms with Gasteiger partial charge >= 0.3 is 0 Å². The first-order valence-electron chi connectivity index (χ1n) is 4.96. The molecule has 0 spiro atoms. The summed E-state index contributed by atoms with van der Waals surface area (Å²) in [5.74, 6) is 1.12. The number of imidazole rings is 1. The highest BCUT2D eigenvalue weighted by Crippen LogP contribution is 2.35. The third kappa shape index (κ3) is 1.96. The summed E-state index contributed by atoms with van der Waals surface area (Å²) >= 11 is 5.65. The van der Waals surface area contributed by atoms with Gasteiger partial charge in [0, 0.05) is 12.2 Å². The van der Waals surface area contributed by atoms with E-state index in [1.54, 1.807) is 0 Å². The minimum absolute atomic E-state index is 0.166. The van der Waals surface area contributed by atoms with Crippen molar-refractivity contribution in [3.63, 3.8) is 0 Å². The van der Waals surface area contributed by atoms with Crippen LogP contribution in [0.5, 0.6) is 0 Å². The summed E-state index contributed by atoms with van der Waals surface area (Å²) in [4.78, 5) is 15.8. The maximum absolute atomic E-state index is 5.65. The van der Waals surface area contributed by atoms with E-state index >= 15 is 0 Å². The Balaban J connectivity index is 1.77. The van der Waals surface area contributed by atoms with Crippen molar-refractivity contribution in [3.8, 4) is 0 Å². The first-order valence-corrected chi connectivity index (χ1v) is 5.34. The van der Waals surface area contributed by atoms with Crippen LogP contribution in [-0.2, 0) is 0 Å². The maximum atomic E-state index is 5.65. The van der Waals surface area contributed by atoms with Gasteiger partial charge in [-0.15, -0.1) is 0 Å². The molecule has 1 saturated carbocycles. The highest BCUT2D eigenvalue weighted by molar-refractivity contribution is 6.28. The first-order chi connectivity index (χ1) is 7.81. The molecule has 0 radical (unpaired) electrons. The summed E-state index contributed by atoms with van der Waals surface area (Å²) in [5, 5.41) is 3.14. The molecular weight excluding hydrogens is 228 g/mol. The lowest BCUT2D eigenvalue weighted by atomic mass is 10.6. The van der Waals surface area contributed by atoms with Crippen molar-refractivity contribution in [2.45, 2.75) is 18.9 Å². The predicted octanol–water partition coefficient (Wildman–Crippen LogP) is 1.80. The van der Waals surface area contributed by atoms with Crippen molar-refractivity contribution in [3.05, 3.63) is 24.1 Å². The van der Waals surface area contributed by atoms with Crippen molar-refractivity contribution in [1.82, 2.24) is 24.5 Å². The number of aromatic nitrogens is 5. The topological polar surface area (TPSA) is 68.5 Å². The van der Waals surface area contributed by atoms with Gasteiger partial charge in [0.1, 0.15) is 6.33 Å². The van der Waals surface area contributed by atoms with Gasteiger partial charge in [-0.05, 0) is 24.4 Å². The summed E-state index contributed by atoms with van der Waals surface area (Å²) < 4.78 is 2.09. The number of nitrogens with one attached hydrogen (secondary N) is 1. The van der Waals surface area contributed by atoms with Gasteiger partial charge in [0.05, 0.1) is 6.33 Å². The first kappa shape index (κ1) is 9.53. The smallest absolute Gasteiger partial charge is 0.232 e. The number of nitrogens with zero attached hydrogens (tertiary/aromatic N) is 5. The van der Waals surface area contributed by atoms with E-state index in [2.05, 4.69) is 29.8 Å². The van der Waals surface area contributed by atoms with Crippen LogP contribution in [-0.4, -0.2) is 24.5 Å². The molecule has 3 rings (SSSR count). The van der Waals surface area contributed by atoms with Crippen LogP contribution in [0.25, 0.3) is 0 Å². The Labute approximate surface area is 96.7 Å². The summed E-state index contributed by atoms with van der Waals surface area (Å²) in [6.07, 6.45) is 7.56. The lowest BCUT2D eigenvalue weighted by molar-refractivity contribution is 0.741. The minimum Gasteiger partial charge on any atom is -0.332 e. The molecule has 0 bridgehead atoms. The predicted molar refractivity (Wildman–Crippen MR) is 58.6 cm³/mol. The highest BCUT2D eigenvalue weighted by atomic mass is 35.5. The molecular formula is C9H9ClN6. The molecule has 2 heterocycles.